The Balaban J connectivity index is 2.93. The van der Waals surface area contributed by atoms with E-state index in [4.69, 9.17) is 17.3 Å². The smallest absolute Gasteiger partial charge is 0.195 e. The van der Waals surface area contributed by atoms with Crippen LogP contribution in [-0.2, 0) is 9.84 Å². The molecule has 0 saturated carbocycles. The van der Waals surface area contributed by atoms with Crippen molar-refractivity contribution < 1.29 is 8.42 Å². The number of sulfone groups is 1. The third-order valence-electron chi connectivity index (χ3n) is 2.31. The van der Waals surface area contributed by atoms with E-state index in [1.54, 1.807) is 12.1 Å². The Morgan fingerprint density at radius 1 is 1.44 bits per heavy atom. The van der Waals surface area contributed by atoms with Gasteiger partial charge in [-0.25, -0.2) is 8.42 Å². The maximum Gasteiger partial charge on any atom is 0.195 e. The molecule has 0 aliphatic rings. The molecular formula is C11H16ClNO2S. The van der Waals surface area contributed by atoms with Crippen molar-refractivity contribution in [2.24, 2.45) is 0 Å². The van der Waals surface area contributed by atoms with Gasteiger partial charge in [0.1, 0.15) is 4.71 Å². The molecule has 0 bridgehead atoms. The van der Waals surface area contributed by atoms with Gasteiger partial charge in [-0.3, -0.25) is 0 Å². The zero-order valence-electron chi connectivity index (χ0n) is 9.19. The molecule has 0 aromatic heterocycles. The monoisotopic (exact) mass is 261 g/mol. The zero-order valence-corrected chi connectivity index (χ0v) is 10.8. The molecule has 5 heteroatoms. The third-order valence-corrected chi connectivity index (χ3v) is 5.05. The summed E-state index contributed by atoms with van der Waals surface area (Å²) in [6.45, 7) is 2.00. The molecule has 0 saturated heterocycles. The van der Waals surface area contributed by atoms with Crippen LogP contribution in [0.25, 0.3) is 0 Å². The highest BCUT2D eigenvalue weighted by Crippen LogP contribution is 2.24. The molecule has 90 valence electrons. The lowest BCUT2D eigenvalue weighted by Crippen LogP contribution is -2.15. The van der Waals surface area contributed by atoms with E-state index in [9.17, 15) is 8.42 Å². The fourth-order valence-corrected chi connectivity index (χ4v) is 3.16. The molecule has 3 nitrogen and oxygen atoms in total. The zero-order chi connectivity index (χ0) is 12.2. The molecule has 0 heterocycles. The number of unbranched alkanes of at least 4 members (excludes halogenated alkanes) is 1. The first kappa shape index (κ1) is 13.3. The molecule has 0 fully saturated rings. The molecule has 0 aliphatic carbocycles. The lowest BCUT2D eigenvalue weighted by atomic mass is 10.3. The van der Waals surface area contributed by atoms with Gasteiger partial charge in [0.25, 0.3) is 0 Å². The number of rotatable bonds is 5. The van der Waals surface area contributed by atoms with Crippen LogP contribution in [0.1, 0.15) is 26.2 Å². The van der Waals surface area contributed by atoms with Crippen molar-refractivity contribution in [2.75, 3.05) is 5.73 Å². The second-order valence-electron chi connectivity index (χ2n) is 3.67. The molecule has 1 aromatic rings. The van der Waals surface area contributed by atoms with E-state index in [1.807, 2.05) is 6.92 Å². The molecule has 0 spiro atoms. The Hall–Kier alpha value is -0.740. The maximum atomic E-state index is 12.0. The van der Waals surface area contributed by atoms with Gasteiger partial charge in [0.2, 0.25) is 0 Å². The SMILES string of the molecule is CCCCC(Cl)S(=O)(=O)c1cccc(N)c1. The van der Waals surface area contributed by atoms with Crippen LogP contribution in [-0.4, -0.2) is 13.1 Å². The largest absolute Gasteiger partial charge is 0.399 e. The fraction of sp³-hybridized carbons (Fsp3) is 0.455. The summed E-state index contributed by atoms with van der Waals surface area (Å²) in [6.07, 6.45) is 2.20. The molecule has 0 radical (unpaired) electrons. The molecule has 1 aromatic carbocycles. The topological polar surface area (TPSA) is 60.2 Å². The van der Waals surface area contributed by atoms with E-state index in [2.05, 4.69) is 0 Å². The normalized spacial score (nSPS) is 13.6. The highest BCUT2D eigenvalue weighted by atomic mass is 35.5. The van der Waals surface area contributed by atoms with Crippen LogP contribution in [0.2, 0.25) is 0 Å². The summed E-state index contributed by atoms with van der Waals surface area (Å²) < 4.78 is 23.1. The van der Waals surface area contributed by atoms with Crippen LogP contribution >= 0.6 is 11.6 Å². The van der Waals surface area contributed by atoms with Crippen LogP contribution in [0.4, 0.5) is 5.69 Å². The quantitative estimate of drug-likeness (QED) is 0.655. The molecule has 1 atom stereocenters. The Morgan fingerprint density at radius 3 is 2.69 bits per heavy atom. The van der Waals surface area contributed by atoms with Crippen LogP contribution in [0.3, 0.4) is 0 Å². The summed E-state index contributed by atoms with van der Waals surface area (Å²) >= 11 is 5.91. The molecule has 0 aliphatic heterocycles. The van der Waals surface area contributed by atoms with E-state index < -0.39 is 14.5 Å². The van der Waals surface area contributed by atoms with Gasteiger partial charge in [-0.15, -0.1) is 11.6 Å². The van der Waals surface area contributed by atoms with E-state index in [-0.39, 0.29) is 4.90 Å². The number of halogens is 1. The molecule has 1 unspecified atom stereocenters. The summed E-state index contributed by atoms with van der Waals surface area (Å²) in [6, 6.07) is 6.23. The van der Waals surface area contributed by atoms with Gasteiger partial charge in [-0.1, -0.05) is 25.8 Å². The molecule has 16 heavy (non-hydrogen) atoms. The van der Waals surface area contributed by atoms with E-state index >= 15 is 0 Å². The number of anilines is 1. The van der Waals surface area contributed by atoms with Crippen LogP contribution in [0, 0.1) is 0 Å². The number of benzene rings is 1. The number of nitrogens with two attached hydrogens (primary N) is 1. The summed E-state index contributed by atoms with van der Waals surface area (Å²) in [4.78, 5) is 0.198. The predicted octanol–water partition coefficient (Wildman–Crippen LogP) is 2.80. The average molecular weight is 262 g/mol. The minimum atomic E-state index is -3.45. The van der Waals surface area contributed by atoms with Gasteiger partial charge >= 0.3 is 0 Å². The van der Waals surface area contributed by atoms with Crippen molar-refractivity contribution >= 4 is 27.1 Å². The van der Waals surface area contributed by atoms with Crippen molar-refractivity contribution in [3.8, 4) is 0 Å². The second kappa shape index (κ2) is 5.55. The van der Waals surface area contributed by atoms with Crippen molar-refractivity contribution in [1.82, 2.24) is 0 Å². The van der Waals surface area contributed by atoms with Crippen molar-refractivity contribution in [1.29, 1.82) is 0 Å². The van der Waals surface area contributed by atoms with Crippen molar-refractivity contribution in [2.45, 2.75) is 35.8 Å². The van der Waals surface area contributed by atoms with E-state index in [0.29, 0.717) is 12.1 Å². The van der Waals surface area contributed by atoms with Gasteiger partial charge in [0.15, 0.2) is 9.84 Å². The van der Waals surface area contributed by atoms with E-state index in [0.717, 1.165) is 12.8 Å². The first-order chi connectivity index (χ1) is 7.48. The average Bonchev–Trinajstić information content (AvgIpc) is 2.25. The number of alkyl halides is 1. The second-order valence-corrected chi connectivity index (χ2v) is 6.59. The lowest BCUT2D eigenvalue weighted by Gasteiger charge is -2.10. The van der Waals surface area contributed by atoms with Crippen LogP contribution in [0.15, 0.2) is 29.2 Å². The van der Waals surface area contributed by atoms with Gasteiger partial charge in [0.05, 0.1) is 4.90 Å². The summed E-state index contributed by atoms with van der Waals surface area (Å²) in [5, 5.41) is 0. The van der Waals surface area contributed by atoms with Crippen LogP contribution < -0.4 is 5.73 Å². The van der Waals surface area contributed by atoms with E-state index in [1.165, 1.54) is 12.1 Å². The Labute approximate surface area is 102 Å². The van der Waals surface area contributed by atoms with Crippen molar-refractivity contribution in [3.63, 3.8) is 0 Å². The van der Waals surface area contributed by atoms with Crippen LogP contribution in [0.5, 0.6) is 0 Å². The lowest BCUT2D eigenvalue weighted by molar-refractivity contribution is 0.585. The minimum absolute atomic E-state index is 0.198. The van der Waals surface area contributed by atoms with Gasteiger partial charge in [0, 0.05) is 5.69 Å². The summed E-state index contributed by atoms with van der Waals surface area (Å²) in [7, 11) is -3.45. The molecule has 1 rings (SSSR count). The number of nitrogen functional groups attached to an aromatic ring is 1. The van der Waals surface area contributed by atoms with Gasteiger partial charge in [-0.2, -0.15) is 0 Å². The molecular weight excluding hydrogens is 246 g/mol. The predicted molar refractivity (Wildman–Crippen MR) is 67.2 cm³/mol. The first-order valence-electron chi connectivity index (χ1n) is 5.22. The third kappa shape index (κ3) is 3.12. The number of hydrogen-bond acceptors (Lipinski definition) is 3. The Morgan fingerprint density at radius 2 is 2.12 bits per heavy atom. The van der Waals surface area contributed by atoms with Gasteiger partial charge < -0.3 is 5.73 Å². The summed E-state index contributed by atoms with van der Waals surface area (Å²) in [5.74, 6) is 0. The number of hydrogen-bond donors (Lipinski definition) is 1. The minimum Gasteiger partial charge on any atom is -0.399 e. The maximum absolute atomic E-state index is 12.0. The fourth-order valence-electron chi connectivity index (χ4n) is 1.36. The van der Waals surface area contributed by atoms with Gasteiger partial charge in [-0.05, 0) is 24.6 Å². The molecule has 0 amide bonds. The summed E-state index contributed by atoms with van der Waals surface area (Å²) in [5.41, 5.74) is 5.98. The highest BCUT2D eigenvalue weighted by molar-refractivity contribution is 7.93. The first-order valence-corrected chi connectivity index (χ1v) is 7.20. The molecule has 2 N–H and O–H groups in total. The Kier molecular flexibility index (Phi) is 4.62. The standard InChI is InChI=1S/C11H16ClNO2S/c1-2-3-7-11(12)16(14,15)10-6-4-5-9(13)8-10/h4-6,8,11H,2-3,7,13H2,1H3. The highest BCUT2D eigenvalue weighted by Gasteiger charge is 2.24. The Bertz CT molecular complexity index is 445. The van der Waals surface area contributed by atoms with Crippen molar-refractivity contribution in [3.05, 3.63) is 24.3 Å².